The Bertz CT molecular complexity index is 395. The maximum absolute atomic E-state index is 3.99. The van der Waals surface area contributed by atoms with E-state index in [2.05, 4.69) is 71.2 Å². The lowest BCUT2D eigenvalue weighted by Gasteiger charge is -2.42. The highest BCUT2D eigenvalue weighted by atomic mass is 14.4. The van der Waals surface area contributed by atoms with E-state index in [-0.39, 0.29) is 10.8 Å². The maximum Gasteiger partial charge on any atom is 0.00445 e. The number of hydrogen-bond acceptors (Lipinski definition) is 0. The van der Waals surface area contributed by atoms with E-state index in [4.69, 9.17) is 0 Å². The zero-order valence-corrected chi connectivity index (χ0v) is 11.6. The van der Waals surface area contributed by atoms with Gasteiger partial charge >= 0.3 is 0 Å². The third-order valence-electron chi connectivity index (χ3n) is 4.17. The first-order valence-corrected chi connectivity index (χ1v) is 6.19. The number of rotatable bonds is 5. The molecule has 1 aromatic rings. The molecule has 1 unspecified atom stereocenters. The Morgan fingerprint density at radius 3 is 2.00 bits per heavy atom. The molecule has 1 atom stereocenters. The molecular formula is C17H24. The summed E-state index contributed by atoms with van der Waals surface area (Å²) in [5.41, 5.74) is 2.74. The van der Waals surface area contributed by atoms with Crippen molar-refractivity contribution in [1.29, 1.82) is 0 Å². The van der Waals surface area contributed by atoms with Crippen LogP contribution >= 0.6 is 0 Å². The molecule has 0 amide bonds. The van der Waals surface area contributed by atoms with Gasteiger partial charge in [-0.1, -0.05) is 62.8 Å². The average molecular weight is 228 g/mol. The molecule has 0 saturated carbocycles. The second-order valence-electron chi connectivity index (χ2n) is 5.62. The van der Waals surface area contributed by atoms with Crippen LogP contribution in [-0.2, 0) is 5.41 Å². The third-order valence-corrected chi connectivity index (χ3v) is 4.17. The summed E-state index contributed by atoms with van der Waals surface area (Å²) in [5, 5.41) is 0. The number of allylic oxidation sites excluding steroid dienone is 2. The minimum absolute atomic E-state index is 0.0381. The minimum Gasteiger partial charge on any atom is -0.103 e. The van der Waals surface area contributed by atoms with Crippen LogP contribution < -0.4 is 0 Å². The van der Waals surface area contributed by atoms with E-state index in [9.17, 15) is 0 Å². The van der Waals surface area contributed by atoms with Crippen molar-refractivity contribution in [3.63, 3.8) is 0 Å². The van der Waals surface area contributed by atoms with Gasteiger partial charge in [-0.25, -0.2) is 0 Å². The van der Waals surface area contributed by atoms with E-state index >= 15 is 0 Å². The largest absolute Gasteiger partial charge is 0.103 e. The van der Waals surface area contributed by atoms with Gasteiger partial charge in [0.25, 0.3) is 0 Å². The van der Waals surface area contributed by atoms with Gasteiger partial charge < -0.3 is 0 Å². The molecule has 0 saturated heterocycles. The standard InChI is InChI=1S/C17H24/c1-7-13-17(6,16(4,5)8-2)15-11-9-14(3)10-12-15/h7-12H,1-2,13H2,3-6H3. The van der Waals surface area contributed by atoms with Gasteiger partial charge in [0.15, 0.2) is 0 Å². The van der Waals surface area contributed by atoms with Crippen LogP contribution in [-0.4, -0.2) is 0 Å². The van der Waals surface area contributed by atoms with Crippen LogP contribution in [0.3, 0.4) is 0 Å². The van der Waals surface area contributed by atoms with Crippen LogP contribution in [0, 0.1) is 12.3 Å². The summed E-state index contributed by atoms with van der Waals surface area (Å²) in [7, 11) is 0. The van der Waals surface area contributed by atoms with Gasteiger partial charge in [0.2, 0.25) is 0 Å². The summed E-state index contributed by atoms with van der Waals surface area (Å²) >= 11 is 0. The van der Waals surface area contributed by atoms with E-state index in [0.717, 1.165) is 6.42 Å². The number of hydrogen-bond donors (Lipinski definition) is 0. The van der Waals surface area contributed by atoms with Crippen molar-refractivity contribution < 1.29 is 0 Å². The van der Waals surface area contributed by atoms with Gasteiger partial charge in [0, 0.05) is 5.41 Å². The van der Waals surface area contributed by atoms with Crippen LogP contribution in [0.4, 0.5) is 0 Å². The second kappa shape index (κ2) is 4.91. The van der Waals surface area contributed by atoms with E-state index in [0.29, 0.717) is 0 Å². The van der Waals surface area contributed by atoms with E-state index in [1.165, 1.54) is 11.1 Å². The maximum atomic E-state index is 3.99. The van der Waals surface area contributed by atoms with Gasteiger partial charge in [0.1, 0.15) is 0 Å². The molecule has 1 rings (SSSR count). The van der Waals surface area contributed by atoms with Crippen molar-refractivity contribution in [2.24, 2.45) is 5.41 Å². The zero-order valence-electron chi connectivity index (χ0n) is 11.6. The highest BCUT2D eigenvalue weighted by Crippen LogP contribution is 2.45. The summed E-state index contributed by atoms with van der Waals surface area (Å²) in [6, 6.07) is 8.81. The van der Waals surface area contributed by atoms with Crippen LogP contribution in [0.15, 0.2) is 49.6 Å². The quantitative estimate of drug-likeness (QED) is 0.619. The highest BCUT2D eigenvalue weighted by Gasteiger charge is 2.39. The fourth-order valence-corrected chi connectivity index (χ4v) is 2.19. The summed E-state index contributed by atoms with van der Waals surface area (Å²) in [5.74, 6) is 0. The molecule has 0 heteroatoms. The first-order valence-electron chi connectivity index (χ1n) is 6.19. The lowest BCUT2D eigenvalue weighted by molar-refractivity contribution is 0.245. The van der Waals surface area contributed by atoms with E-state index in [1.54, 1.807) is 0 Å². The molecule has 0 aliphatic heterocycles. The highest BCUT2D eigenvalue weighted by molar-refractivity contribution is 5.32. The van der Waals surface area contributed by atoms with Gasteiger partial charge in [0.05, 0.1) is 0 Å². The van der Waals surface area contributed by atoms with Gasteiger partial charge in [-0.2, -0.15) is 0 Å². The van der Waals surface area contributed by atoms with Gasteiger partial charge in [-0.15, -0.1) is 13.2 Å². The molecule has 0 aliphatic rings. The Balaban J connectivity index is 3.29. The molecule has 1 aromatic carbocycles. The van der Waals surface area contributed by atoms with Crippen LogP contribution in [0.1, 0.15) is 38.3 Å². The molecule has 0 aromatic heterocycles. The Hall–Kier alpha value is -1.30. The Kier molecular flexibility index (Phi) is 3.98. The molecule has 0 aliphatic carbocycles. The summed E-state index contributed by atoms with van der Waals surface area (Å²) < 4.78 is 0. The average Bonchev–Trinajstić information content (AvgIpc) is 2.29. The molecule has 92 valence electrons. The molecule has 0 nitrogen and oxygen atoms in total. The van der Waals surface area contributed by atoms with Crippen molar-refractivity contribution in [1.82, 2.24) is 0 Å². The van der Waals surface area contributed by atoms with Crippen LogP contribution in [0.25, 0.3) is 0 Å². The normalized spacial score (nSPS) is 15.1. The lowest BCUT2D eigenvalue weighted by Crippen LogP contribution is -2.37. The molecule has 0 bridgehead atoms. The molecular weight excluding hydrogens is 204 g/mol. The summed E-state index contributed by atoms with van der Waals surface area (Å²) in [4.78, 5) is 0. The molecule has 0 heterocycles. The molecule has 0 spiro atoms. The number of aryl methyl sites for hydroxylation is 1. The number of benzene rings is 1. The first-order chi connectivity index (χ1) is 7.87. The second-order valence-corrected chi connectivity index (χ2v) is 5.62. The fourth-order valence-electron chi connectivity index (χ4n) is 2.19. The lowest BCUT2D eigenvalue weighted by atomic mass is 9.61. The van der Waals surface area contributed by atoms with Gasteiger partial charge in [-0.3, -0.25) is 0 Å². The zero-order chi connectivity index (χ0) is 13.1. The Morgan fingerprint density at radius 1 is 1.06 bits per heavy atom. The van der Waals surface area contributed by atoms with Crippen LogP contribution in [0.2, 0.25) is 0 Å². The minimum atomic E-state index is 0.0381. The topological polar surface area (TPSA) is 0 Å². The SMILES string of the molecule is C=CCC(C)(c1ccc(C)cc1)C(C)(C)C=C. The predicted molar refractivity (Wildman–Crippen MR) is 77.3 cm³/mol. The van der Waals surface area contributed by atoms with Crippen molar-refractivity contribution in [2.45, 2.75) is 39.5 Å². The molecule has 0 N–H and O–H groups in total. The van der Waals surface area contributed by atoms with Crippen molar-refractivity contribution in [2.75, 3.05) is 0 Å². The van der Waals surface area contributed by atoms with Crippen molar-refractivity contribution in [3.05, 3.63) is 60.7 Å². The molecule has 0 fully saturated rings. The predicted octanol–water partition coefficient (Wildman–Crippen LogP) is 5.04. The third kappa shape index (κ3) is 2.52. The van der Waals surface area contributed by atoms with E-state index in [1.807, 2.05) is 6.08 Å². The smallest absolute Gasteiger partial charge is 0.00445 e. The molecule has 0 radical (unpaired) electrons. The summed E-state index contributed by atoms with van der Waals surface area (Å²) in [6.07, 6.45) is 5.01. The monoisotopic (exact) mass is 228 g/mol. The fraction of sp³-hybridized carbons (Fsp3) is 0.412. The van der Waals surface area contributed by atoms with Crippen LogP contribution in [0.5, 0.6) is 0 Å². The van der Waals surface area contributed by atoms with Crippen molar-refractivity contribution in [3.8, 4) is 0 Å². The van der Waals surface area contributed by atoms with E-state index < -0.39 is 0 Å². The Morgan fingerprint density at radius 2 is 1.59 bits per heavy atom. The van der Waals surface area contributed by atoms with Gasteiger partial charge in [-0.05, 0) is 24.3 Å². The Labute approximate surface area is 106 Å². The first kappa shape index (κ1) is 13.8. The molecule has 17 heavy (non-hydrogen) atoms. The summed E-state index contributed by atoms with van der Waals surface area (Å²) in [6.45, 7) is 16.8. The van der Waals surface area contributed by atoms with Crippen molar-refractivity contribution >= 4 is 0 Å².